The van der Waals surface area contributed by atoms with Crippen LogP contribution in [0.1, 0.15) is 22.5 Å². The molecule has 0 bridgehead atoms. The Labute approximate surface area is 201 Å². The zero-order chi connectivity index (χ0) is 24.4. The summed E-state index contributed by atoms with van der Waals surface area (Å²) in [6, 6.07) is 17.1. The van der Waals surface area contributed by atoms with Crippen molar-refractivity contribution < 1.29 is 18.4 Å². The fourth-order valence-electron chi connectivity index (χ4n) is 4.25. The van der Waals surface area contributed by atoms with Gasteiger partial charge in [0.25, 0.3) is 0 Å². The monoisotopic (exact) mass is 470 g/mol. The Morgan fingerprint density at radius 1 is 0.857 bits per heavy atom. The molecule has 5 aromatic rings. The number of aryl methyl sites for hydroxylation is 2. The SMILES string of the molecule is Cc1cc(CC(C(=O)NCc2ccc3occc3c2)C(=O)NCc2ccc3occc3c2)n(C)n1. The standard InChI is InChI=1S/C27H26N4O4/c1-17-11-22(31(2)30-17)14-23(26(32)28-15-18-3-5-24-20(12-18)7-9-34-24)27(33)29-16-19-4-6-25-21(13-19)8-10-35-25/h3-13,23H,14-16H2,1-2H3,(H,28,32)(H,29,33). The van der Waals surface area contributed by atoms with E-state index in [0.29, 0.717) is 13.1 Å². The minimum Gasteiger partial charge on any atom is -0.464 e. The summed E-state index contributed by atoms with van der Waals surface area (Å²) < 4.78 is 12.5. The Morgan fingerprint density at radius 2 is 1.40 bits per heavy atom. The van der Waals surface area contributed by atoms with E-state index >= 15 is 0 Å². The number of fused-ring (bicyclic) bond motifs is 2. The highest BCUT2D eigenvalue weighted by atomic mass is 16.3. The first-order valence-electron chi connectivity index (χ1n) is 11.4. The molecule has 0 atom stereocenters. The van der Waals surface area contributed by atoms with Crippen LogP contribution in [0, 0.1) is 12.8 Å². The fraction of sp³-hybridized carbons (Fsp3) is 0.222. The number of hydrogen-bond acceptors (Lipinski definition) is 5. The van der Waals surface area contributed by atoms with Crippen LogP contribution in [-0.4, -0.2) is 21.6 Å². The molecule has 5 rings (SSSR count). The summed E-state index contributed by atoms with van der Waals surface area (Å²) in [5.41, 5.74) is 5.09. The van der Waals surface area contributed by atoms with Crippen molar-refractivity contribution in [1.82, 2.24) is 20.4 Å². The normalized spacial score (nSPS) is 11.4. The molecule has 0 saturated heterocycles. The van der Waals surface area contributed by atoms with Gasteiger partial charge in [-0.2, -0.15) is 5.10 Å². The van der Waals surface area contributed by atoms with Crippen molar-refractivity contribution >= 4 is 33.8 Å². The molecule has 0 unspecified atom stereocenters. The Hall–Kier alpha value is -4.33. The summed E-state index contributed by atoms with van der Waals surface area (Å²) in [5.74, 6) is -1.57. The Kier molecular flexibility index (Phi) is 6.10. The Bertz CT molecular complexity index is 1420. The molecule has 8 heteroatoms. The summed E-state index contributed by atoms with van der Waals surface area (Å²) in [6.45, 7) is 2.51. The second-order valence-corrected chi connectivity index (χ2v) is 8.68. The summed E-state index contributed by atoms with van der Waals surface area (Å²) >= 11 is 0. The van der Waals surface area contributed by atoms with Crippen LogP contribution >= 0.6 is 0 Å². The molecule has 2 N–H and O–H groups in total. The van der Waals surface area contributed by atoms with Crippen LogP contribution in [-0.2, 0) is 36.1 Å². The first kappa shape index (κ1) is 22.5. The van der Waals surface area contributed by atoms with E-state index in [1.54, 1.807) is 17.2 Å². The van der Waals surface area contributed by atoms with Gasteiger partial charge in [-0.25, -0.2) is 0 Å². The summed E-state index contributed by atoms with van der Waals surface area (Å²) in [7, 11) is 1.81. The second-order valence-electron chi connectivity index (χ2n) is 8.68. The van der Waals surface area contributed by atoms with Gasteiger partial charge in [0.15, 0.2) is 0 Å². The molecule has 0 aliphatic rings. The van der Waals surface area contributed by atoms with Crippen LogP contribution in [0.25, 0.3) is 21.9 Å². The van der Waals surface area contributed by atoms with Gasteiger partial charge in [0.05, 0.1) is 18.2 Å². The molecule has 8 nitrogen and oxygen atoms in total. The van der Waals surface area contributed by atoms with Gasteiger partial charge in [0.2, 0.25) is 11.8 Å². The van der Waals surface area contributed by atoms with Crippen molar-refractivity contribution in [3.63, 3.8) is 0 Å². The lowest BCUT2D eigenvalue weighted by molar-refractivity contribution is -0.135. The average Bonchev–Trinajstić information content (AvgIpc) is 3.58. The maximum Gasteiger partial charge on any atom is 0.233 e. The third-order valence-corrected chi connectivity index (χ3v) is 6.11. The number of furan rings is 2. The Morgan fingerprint density at radius 3 is 1.89 bits per heavy atom. The first-order chi connectivity index (χ1) is 17.0. The predicted molar refractivity (Wildman–Crippen MR) is 131 cm³/mol. The molecule has 2 aromatic carbocycles. The van der Waals surface area contributed by atoms with E-state index in [1.807, 2.05) is 68.6 Å². The van der Waals surface area contributed by atoms with Gasteiger partial charge in [-0.1, -0.05) is 12.1 Å². The molecule has 3 heterocycles. The first-order valence-corrected chi connectivity index (χ1v) is 11.4. The highest BCUT2D eigenvalue weighted by Gasteiger charge is 2.28. The molecule has 0 saturated carbocycles. The van der Waals surface area contributed by atoms with Gasteiger partial charge in [-0.15, -0.1) is 0 Å². The molecule has 0 spiro atoms. The van der Waals surface area contributed by atoms with E-state index in [1.165, 1.54) is 0 Å². The number of rotatable bonds is 8. The predicted octanol–water partition coefficient (Wildman–Crippen LogP) is 4.01. The lowest BCUT2D eigenvalue weighted by Gasteiger charge is -2.17. The summed E-state index contributed by atoms with van der Waals surface area (Å²) in [5, 5.41) is 12.1. The fourth-order valence-corrected chi connectivity index (χ4v) is 4.25. The van der Waals surface area contributed by atoms with Crippen molar-refractivity contribution in [3.8, 4) is 0 Å². The van der Waals surface area contributed by atoms with E-state index in [4.69, 9.17) is 8.83 Å². The number of benzene rings is 2. The number of carbonyl (C=O) groups excluding carboxylic acids is 2. The third-order valence-electron chi connectivity index (χ3n) is 6.11. The maximum atomic E-state index is 13.2. The molecule has 178 valence electrons. The van der Waals surface area contributed by atoms with Gasteiger partial charge >= 0.3 is 0 Å². The lowest BCUT2D eigenvalue weighted by Crippen LogP contribution is -2.42. The highest BCUT2D eigenvalue weighted by molar-refractivity contribution is 6.00. The quantitative estimate of drug-likeness (QED) is 0.334. The molecule has 2 amide bonds. The van der Waals surface area contributed by atoms with Crippen LogP contribution in [0.15, 0.2) is 76.0 Å². The summed E-state index contributed by atoms with van der Waals surface area (Å²) in [4.78, 5) is 26.4. The maximum absolute atomic E-state index is 13.2. The molecule has 0 aliphatic carbocycles. The van der Waals surface area contributed by atoms with Crippen LogP contribution in [0.2, 0.25) is 0 Å². The number of nitrogens with one attached hydrogen (secondary N) is 2. The van der Waals surface area contributed by atoms with E-state index in [9.17, 15) is 9.59 Å². The van der Waals surface area contributed by atoms with Crippen molar-refractivity contribution in [2.45, 2.75) is 26.4 Å². The third kappa shape index (κ3) is 4.96. The van der Waals surface area contributed by atoms with Gasteiger partial charge < -0.3 is 19.5 Å². The smallest absolute Gasteiger partial charge is 0.233 e. The molecule has 3 aromatic heterocycles. The van der Waals surface area contributed by atoms with Crippen LogP contribution in [0.4, 0.5) is 0 Å². The number of hydrogen-bond donors (Lipinski definition) is 2. The van der Waals surface area contributed by atoms with E-state index in [-0.39, 0.29) is 18.2 Å². The number of aromatic nitrogens is 2. The van der Waals surface area contributed by atoms with Crippen molar-refractivity contribution in [2.75, 3.05) is 0 Å². The largest absolute Gasteiger partial charge is 0.464 e. The Balaban J connectivity index is 1.29. The van der Waals surface area contributed by atoms with E-state index in [0.717, 1.165) is 44.5 Å². The lowest BCUT2D eigenvalue weighted by atomic mass is 10.00. The molecule has 0 radical (unpaired) electrons. The van der Waals surface area contributed by atoms with Crippen LogP contribution in [0.3, 0.4) is 0 Å². The van der Waals surface area contributed by atoms with E-state index in [2.05, 4.69) is 15.7 Å². The van der Waals surface area contributed by atoms with Crippen molar-refractivity contribution in [1.29, 1.82) is 0 Å². The second kappa shape index (κ2) is 9.50. The molecule has 0 fully saturated rings. The topological polar surface area (TPSA) is 102 Å². The molecule has 35 heavy (non-hydrogen) atoms. The van der Waals surface area contributed by atoms with E-state index < -0.39 is 5.92 Å². The minimum atomic E-state index is -0.903. The van der Waals surface area contributed by atoms with Crippen molar-refractivity contribution in [2.24, 2.45) is 13.0 Å². The van der Waals surface area contributed by atoms with Gasteiger partial charge in [-0.3, -0.25) is 14.3 Å². The zero-order valence-corrected chi connectivity index (χ0v) is 19.6. The van der Waals surface area contributed by atoms with Gasteiger partial charge in [-0.05, 0) is 60.5 Å². The van der Waals surface area contributed by atoms with Crippen LogP contribution in [0.5, 0.6) is 0 Å². The number of nitrogens with zero attached hydrogens (tertiary/aromatic N) is 2. The van der Waals surface area contributed by atoms with Gasteiger partial charge in [0.1, 0.15) is 17.1 Å². The zero-order valence-electron chi connectivity index (χ0n) is 19.6. The minimum absolute atomic E-state index is 0.247. The summed E-state index contributed by atoms with van der Waals surface area (Å²) in [6.07, 6.45) is 3.51. The molecular weight excluding hydrogens is 444 g/mol. The average molecular weight is 471 g/mol. The highest BCUT2D eigenvalue weighted by Crippen LogP contribution is 2.19. The van der Waals surface area contributed by atoms with Gasteiger partial charge in [0, 0.05) is 43.0 Å². The number of amides is 2. The number of carbonyl (C=O) groups is 2. The molecule has 0 aliphatic heterocycles. The van der Waals surface area contributed by atoms with Crippen LogP contribution < -0.4 is 10.6 Å². The van der Waals surface area contributed by atoms with Crippen molar-refractivity contribution in [3.05, 3.63) is 89.6 Å². The molecular formula is C27H26N4O4.